The predicted molar refractivity (Wildman–Crippen MR) is 52.5 cm³/mol. The van der Waals surface area contributed by atoms with Crippen molar-refractivity contribution in [1.29, 1.82) is 0 Å². The molecule has 1 aromatic heterocycles. The van der Waals surface area contributed by atoms with Crippen molar-refractivity contribution in [3.8, 4) is 0 Å². The number of hydrogen-bond donors (Lipinski definition) is 2. The first kappa shape index (κ1) is 8.75. The average Bonchev–Trinajstić information content (AvgIpc) is 2.51. The number of nitrogens with zero attached hydrogens (tertiary/aromatic N) is 1. The minimum atomic E-state index is 0.103. The van der Waals surface area contributed by atoms with Gasteiger partial charge in [-0.15, -0.1) is 0 Å². The maximum absolute atomic E-state index is 6.03. The largest absolute Gasteiger partial charge is 0.324 e. The molecule has 0 aliphatic heterocycles. The van der Waals surface area contributed by atoms with E-state index in [1.807, 2.05) is 0 Å². The Labute approximate surface area is 78.7 Å². The molecule has 0 fully saturated rings. The summed E-state index contributed by atoms with van der Waals surface area (Å²) in [5.74, 6) is 0. The second-order valence-corrected chi connectivity index (χ2v) is 4.86. The number of aromatic amines is 1. The Kier molecular flexibility index (Phi) is 1.74. The predicted octanol–water partition coefficient (Wildman–Crippen LogP) is 1.65. The van der Waals surface area contributed by atoms with Crippen LogP contribution in [0.5, 0.6) is 0 Å². The number of aromatic nitrogens is 2. The van der Waals surface area contributed by atoms with Gasteiger partial charge < -0.3 is 5.73 Å². The van der Waals surface area contributed by atoms with Gasteiger partial charge in [0.25, 0.3) is 0 Å². The molecule has 0 radical (unpaired) electrons. The zero-order chi connectivity index (χ0) is 9.64. The van der Waals surface area contributed by atoms with Crippen LogP contribution in [-0.2, 0) is 11.8 Å². The molecule has 0 saturated carbocycles. The third kappa shape index (κ3) is 1.27. The van der Waals surface area contributed by atoms with Crippen LogP contribution in [0.2, 0.25) is 0 Å². The minimum absolute atomic E-state index is 0.103. The van der Waals surface area contributed by atoms with E-state index in [-0.39, 0.29) is 11.5 Å². The number of rotatable bonds is 0. The molecule has 2 rings (SSSR count). The van der Waals surface area contributed by atoms with Crippen LogP contribution in [0.25, 0.3) is 0 Å². The summed E-state index contributed by atoms with van der Waals surface area (Å²) in [6.07, 6.45) is 2.12. The van der Waals surface area contributed by atoms with Gasteiger partial charge in [0.05, 0.1) is 5.69 Å². The van der Waals surface area contributed by atoms with Crippen LogP contribution in [0.15, 0.2) is 0 Å². The molecule has 3 N–H and O–H groups in total. The van der Waals surface area contributed by atoms with Gasteiger partial charge in [-0.25, -0.2) is 0 Å². The van der Waals surface area contributed by atoms with E-state index in [1.54, 1.807) is 0 Å². The molecule has 1 aromatic rings. The van der Waals surface area contributed by atoms with E-state index < -0.39 is 0 Å². The van der Waals surface area contributed by atoms with Crippen molar-refractivity contribution in [2.45, 2.75) is 45.1 Å². The lowest BCUT2D eigenvalue weighted by Gasteiger charge is -2.18. The van der Waals surface area contributed by atoms with Crippen molar-refractivity contribution in [1.82, 2.24) is 10.2 Å². The number of nitrogens with one attached hydrogen (secondary N) is 1. The van der Waals surface area contributed by atoms with Gasteiger partial charge in [0.1, 0.15) is 0 Å². The lowest BCUT2D eigenvalue weighted by molar-refractivity contribution is 0.548. The fourth-order valence-electron chi connectivity index (χ4n) is 1.99. The van der Waals surface area contributed by atoms with Crippen LogP contribution >= 0.6 is 0 Å². The Morgan fingerprint density at radius 1 is 1.46 bits per heavy atom. The standard InChI is InChI=1S/C10H17N3/c1-10(2,3)9-8-6(11)4-5-7(8)12-13-9/h6H,4-5,11H2,1-3H3,(H,12,13). The molecule has 0 aromatic carbocycles. The lowest BCUT2D eigenvalue weighted by Crippen LogP contribution is -2.17. The molecule has 1 unspecified atom stereocenters. The van der Waals surface area contributed by atoms with Crippen molar-refractivity contribution in [2.75, 3.05) is 0 Å². The van der Waals surface area contributed by atoms with E-state index in [0.717, 1.165) is 18.5 Å². The Morgan fingerprint density at radius 2 is 2.15 bits per heavy atom. The number of nitrogens with two attached hydrogens (primary N) is 1. The summed E-state index contributed by atoms with van der Waals surface area (Å²) in [6, 6.07) is 0.197. The Morgan fingerprint density at radius 3 is 2.77 bits per heavy atom. The lowest BCUT2D eigenvalue weighted by atomic mass is 9.88. The number of hydrogen-bond acceptors (Lipinski definition) is 2. The number of aryl methyl sites for hydroxylation is 1. The molecule has 72 valence electrons. The first-order chi connectivity index (χ1) is 6.00. The third-order valence-corrected chi connectivity index (χ3v) is 2.67. The third-order valence-electron chi connectivity index (χ3n) is 2.67. The summed E-state index contributed by atoms with van der Waals surface area (Å²) >= 11 is 0. The SMILES string of the molecule is CC(C)(C)c1n[nH]c2c1C(N)CC2. The molecule has 0 saturated heterocycles. The Balaban J connectivity index is 2.50. The zero-order valence-electron chi connectivity index (χ0n) is 8.52. The molecule has 0 amide bonds. The highest BCUT2D eigenvalue weighted by molar-refractivity contribution is 5.36. The maximum atomic E-state index is 6.03. The second-order valence-electron chi connectivity index (χ2n) is 4.86. The van der Waals surface area contributed by atoms with Gasteiger partial charge in [-0.1, -0.05) is 20.8 Å². The molecule has 3 nitrogen and oxygen atoms in total. The van der Waals surface area contributed by atoms with E-state index in [9.17, 15) is 0 Å². The van der Waals surface area contributed by atoms with E-state index in [2.05, 4.69) is 31.0 Å². The van der Waals surface area contributed by atoms with Gasteiger partial charge in [0.15, 0.2) is 0 Å². The van der Waals surface area contributed by atoms with E-state index in [1.165, 1.54) is 11.3 Å². The normalized spacial score (nSPS) is 22.0. The van der Waals surface area contributed by atoms with Crippen molar-refractivity contribution in [2.24, 2.45) is 5.73 Å². The van der Waals surface area contributed by atoms with E-state index in [4.69, 9.17) is 5.73 Å². The van der Waals surface area contributed by atoms with Crippen LogP contribution in [0, 0.1) is 0 Å². The van der Waals surface area contributed by atoms with Crippen LogP contribution < -0.4 is 5.73 Å². The number of fused-ring (bicyclic) bond motifs is 1. The highest BCUT2D eigenvalue weighted by Crippen LogP contribution is 2.35. The smallest absolute Gasteiger partial charge is 0.0726 e. The molecule has 3 heteroatoms. The summed E-state index contributed by atoms with van der Waals surface area (Å²) < 4.78 is 0. The van der Waals surface area contributed by atoms with Crippen molar-refractivity contribution < 1.29 is 0 Å². The minimum Gasteiger partial charge on any atom is -0.324 e. The Bertz CT molecular complexity index is 319. The second kappa shape index (κ2) is 2.58. The van der Waals surface area contributed by atoms with Crippen LogP contribution in [0.4, 0.5) is 0 Å². The van der Waals surface area contributed by atoms with Crippen LogP contribution in [-0.4, -0.2) is 10.2 Å². The summed E-state index contributed by atoms with van der Waals surface area (Å²) in [5.41, 5.74) is 9.80. The highest BCUT2D eigenvalue weighted by Gasteiger charge is 2.30. The maximum Gasteiger partial charge on any atom is 0.0726 e. The van der Waals surface area contributed by atoms with Crippen molar-refractivity contribution >= 4 is 0 Å². The van der Waals surface area contributed by atoms with Gasteiger partial charge in [-0.2, -0.15) is 5.10 Å². The van der Waals surface area contributed by atoms with E-state index >= 15 is 0 Å². The van der Waals surface area contributed by atoms with Crippen molar-refractivity contribution in [3.05, 3.63) is 17.0 Å². The van der Waals surface area contributed by atoms with Crippen LogP contribution in [0.1, 0.15) is 50.2 Å². The fraction of sp³-hybridized carbons (Fsp3) is 0.700. The first-order valence-corrected chi connectivity index (χ1v) is 4.83. The number of H-pyrrole nitrogens is 1. The summed E-state index contributed by atoms with van der Waals surface area (Å²) in [5, 5.41) is 7.45. The molecule has 13 heavy (non-hydrogen) atoms. The molecular formula is C10H17N3. The molecule has 1 aliphatic rings. The first-order valence-electron chi connectivity index (χ1n) is 4.83. The molecule has 0 bridgehead atoms. The summed E-state index contributed by atoms with van der Waals surface area (Å²) in [7, 11) is 0. The molecule has 1 atom stereocenters. The quantitative estimate of drug-likeness (QED) is 0.636. The van der Waals surface area contributed by atoms with Gasteiger partial charge >= 0.3 is 0 Å². The monoisotopic (exact) mass is 179 g/mol. The molecular weight excluding hydrogens is 162 g/mol. The summed E-state index contributed by atoms with van der Waals surface area (Å²) in [4.78, 5) is 0. The average molecular weight is 179 g/mol. The fourth-order valence-corrected chi connectivity index (χ4v) is 1.99. The molecule has 1 heterocycles. The topological polar surface area (TPSA) is 54.7 Å². The zero-order valence-corrected chi connectivity index (χ0v) is 8.52. The van der Waals surface area contributed by atoms with E-state index in [0.29, 0.717) is 0 Å². The van der Waals surface area contributed by atoms with Gasteiger partial charge in [-0.3, -0.25) is 5.10 Å². The molecule has 1 aliphatic carbocycles. The highest BCUT2D eigenvalue weighted by atomic mass is 15.1. The summed E-state index contributed by atoms with van der Waals surface area (Å²) in [6.45, 7) is 6.53. The van der Waals surface area contributed by atoms with Crippen molar-refractivity contribution in [3.63, 3.8) is 0 Å². The van der Waals surface area contributed by atoms with Gasteiger partial charge in [0.2, 0.25) is 0 Å². The van der Waals surface area contributed by atoms with Gasteiger partial charge in [0, 0.05) is 22.7 Å². The van der Waals surface area contributed by atoms with Gasteiger partial charge in [-0.05, 0) is 12.8 Å². The van der Waals surface area contributed by atoms with Crippen LogP contribution in [0.3, 0.4) is 0 Å². The molecule has 0 spiro atoms. The Hall–Kier alpha value is -0.830.